The highest BCUT2D eigenvalue weighted by atomic mass is 79.9. The van der Waals surface area contributed by atoms with Crippen LogP contribution in [0.25, 0.3) is 0 Å². The van der Waals surface area contributed by atoms with E-state index in [-0.39, 0.29) is 6.61 Å². The van der Waals surface area contributed by atoms with Gasteiger partial charge in [0.25, 0.3) is 5.91 Å². The fourth-order valence-electron chi connectivity index (χ4n) is 1.33. The molecule has 20 heavy (non-hydrogen) atoms. The second kappa shape index (κ2) is 9.33. The summed E-state index contributed by atoms with van der Waals surface area (Å²) in [5.41, 5.74) is 0. The van der Waals surface area contributed by atoms with E-state index < -0.39 is 11.9 Å². The summed E-state index contributed by atoms with van der Waals surface area (Å²) in [5, 5.41) is 4.72. The molecule has 0 saturated carbocycles. The zero-order valence-corrected chi connectivity index (χ0v) is 12.7. The van der Waals surface area contributed by atoms with Gasteiger partial charge in [-0.3, -0.25) is 10.1 Å². The van der Waals surface area contributed by atoms with Gasteiger partial charge in [0, 0.05) is 20.3 Å². The molecule has 3 amide bonds. The van der Waals surface area contributed by atoms with E-state index in [2.05, 4.69) is 26.6 Å². The Morgan fingerprint density at radius 2 is 2.05 bits per heavy atom. The van der Waals surface area contributed by atoms with Crippen molar-refractivity contribution in [3.8, 4) is 5.75 Å². The van der Waals surface area contributed by atoms with Gasteiger partial charge in [0.2, 0.25) is 0 Å². The first-order valence-electron chi connectivity index (χ1n) is 6.07. The van der Waals surface area contributed by atoms with E-state index in [1.807, 2.05) is 6.07 Å². The van der Waals surface area contributed by atoms with Crippen LogP contribution in [0.3, 0.4) is 0 Å². The summed E-state index contributed by atoms with van der Waals surface area (Å²) in [6, 6.07) is 6.62. The Balaban J connectivity index is 2.23. The summed E-state index contributed by atoms with van der Waals surface area (Å²) < 4.78 is 10.9. The van der Waals surface area contributed by atoms with Crippen LogP contribution < -0.4 is 15.4 Å². The van der Waals surface area contributed by atoms with Gasteiger partial charge in [0.15, 0.2) is 6.61 Å². The van der Waals surface area contributed by atoms with E-state index in [9.17, 15) is 9.59 Å². The first-order chi connectivity index (χ1) is 9.63. The molecule has 0 fully saturated rings. The maximum absolute atomic E-state index is 11.5. The summed E-state index contributed by atoms with van der Waals surface area (Å²) in [5.74, 6) is 0.0353. The van der Waals surface area contributed by atoms with Gasteiger partial charge in [-0.15, -0.1) is 0 Å². The molecule has 0 aliphatic carbocycles. The average molecular weight is 345 g/mol. The molecule has 1 aromatic rings. The van der Waals surface area contributed by atoms with Crippen LogP contribution in [0, 0.1) is 0 Å². The molecule has 0 aliphatic heterocycles. The number of ether oxygens (including phenoxy) is 2. The SMILES string of the molecule is COCCCNC(=O)NC(=O)COc1ccccc1Br. The van der Waals surface area contributed by atoms with Gasteiger partial charge in [0.05, 0.1) is 4.47 Å². The molecule has 1 aromatic carbocycles. The van der Waals surface area contributed by atoms with Crippen LogP contribution in [0.1, 0.15) is 6.42 Å². The van der Waals surface area contributed by atoms with E-state index >= 15 is 0 Å². The Labute approximate surface area is 126 Å². The molecular formula is C13H17BrN2O4. The number of carbonyl (C=O) groups is 2. The minimum Gasteiger partial charge on any atom is -0.483 e. The van der Waals surface area contributed by atoms with Crippen LogP contribution in [0.5, 0.6) is 5.75 Å². The molecule has 0 aliphatic rings. The van der Waals surface area contributed by atoms with Crippen LogP contribution in [-0.4, -0.2) is 38.8 Å². The van der Waals surface area contributed by atoms with Crippen molar-refractivity contribution in [2.45, 2.75) is 6.42 Å². The van der Waals surface area contributed by atoms with Crippen LogP contribution in [0.2, 0.25) is 0 Å². The Bertz CT molecular complexity index is 454. The number of urea groups is 1. The number of hydrogen-bond donors (Lipinski definition) is 2. The number of benzene rings is 1. The van der Waals surface area contributed by atoms with Crippen LogP contribution in [0.4, 0.5) is 4.79 Å². The lowest BCUT2D eigenvalue weighted by atomic mass is 10.3. The summed E-state index contributed by atoms with van der Waals surface area (Å²) in [4.78, 5) is 22.8. The highest BCUT2D eigenvalue weighted by Crippen LogP contribution is 2.23. The summed E-state index contributed by atoms with van der Waals surface area (Å²) in [6.45, 7) is 0.769. The van der Waals surface area contributed by atoms with Crippen LogP contribution in [0.15, 0.2) is 28.7 Å². The zero-order chi connectivity index (χ0) is 14.8. The summed E-state index contributed by atoms with van der Waals surface area (Å²) in [7, 11) is 1.59. The molecule has 1 rings (SSSR count). The maximum atomic E-state index is 11.5. The molecule has 0 unspecified atom stereocenters. The average Bonchev–Trinajstić information content (AvgIpc) is 2.43. The highest BCUT2D eigenvalue weighted by Gasteiger charge is 2.08. The van der Waals surface area contributed by atoms with Crippen molar-refractivity contribution in [2.24, 2.45) is 0 Å². The molecule has 0 heterocycles. The fraction of sp³-hybridized carbons (Fsp3) is 0.385. The molecule has 0 atom stereocenters. The van der Waals surface area contributed by atoms with Crippen LogP contribution >= 0.6 is 15.9 Å². The predicted octanol–water partition coefficient (Wildman–Crippen LogP) is 1.69. The molecule has 0 radical (unpaired) electrons. The van der Waals surface area contributed by atoms with Gasteiger partial charge in [-0.05, 0) is 34.5 Å². The monoisotopic (exact) mass is 344 g/mol. The Kier molecular flexibility index (Phi) is 7.67. The number of imide groups is 1. The fourth-order valence-corrected chi connectivity index (χ4v) is 1.73. The van der Waals surface area contributed by atoms with Gasteiger partial charge >= 0.3 is 6.03 Å². The molecule has 110 valence electrons. The first kappa shape index (κ1) is 16.5. The normalized spacial score (nSPS) is 9.90. The predicted molar refractivity (Wildman–Crippen MR) is 77.7 cm³/mol. The van der Waals surface area contributed by atoms with Gasteiger partial charge in [-0.25, -0.2) is 4.79 Å². The van der Waals surface area contributed by atoms with Crippen molar-refractivity contribution in [1.29, 1.82) is 0 Å². The largest absolute Gasteiger partial charge is 0.483 e. The smallest absolute Gasteiger partial charge is 0.321 e. The molecule has 0 bridgehead atoms. The van der Waals surface area contributed by atoms with E-state index in [1.165, 1.54) is 0 Å². The van der Waals surface area contributed by atoms with Crippen molar-refractivity contribution in [2.75, 3.05) is 26.9 Å². The van der Waals surface area contributed by atoms with Gasteiger partial charge in [0.1, 0.15) is 5.75 Å². The number of para-hydroxylation sites is 1. The molecule has 0 saturated heterocycles. The number of methoxy groups -OCH3 is 1. The number of nitrogens with one attached hydrogen (secondary N) is 2. The first-order valence-corrected chi connectivity index (χ1v) is 6.86. The summed E-state index contributed by atoms with van der Waals surface area (Å²) in [6.07, 6.45) is 0.686. The molecule has 0 aromatic heterocycles. The van der Waals surface area contributed by atoms with Crippen LogP contribution in [-0.2, 0) is 9.53 Å². The van der Waals surface area contributed by atoms with E-state index in [0.717, 1.165) is 4.47 Å². The molecule has 0 spiro atoms. The summed E-state index contributed by atoms with van der Waals surface area (Å²) >= 11 is 3.30. The van der Waals surface area contributed by atoms with Gasteiger partial charge in [-0.1, -0.05) is 12.1 Å². The van der Waals surface area contributed by atoms with Crippen molar-refractivity contribution < 1.29 is 19.1 Å². The zero-order valence-electron chi connectivity index (χ0n) is 11.1. The minimum atomic E-state index is -0.540. The number of rotatable bonds is 7. The van der Waals surface area contributed by atoms with Crippen molar-refractivity contribution in [1.82, 2.24) is 10.6 Å². The van der Waals surface area contributed by atoms with Crippen molar-refractivity contribution in [3.63, 3.8) is 0 Å². The lowest BCUT2D eigenvalue weighted by Crippen LogP contribution is -2.42. The number of halogens is 1. The number of amides is 3. The highest BCUT2D eigenvalue weighted by molar-refractivity contribution is 9.10. The Morgan fingerprint density at radius 1 is 1.30 bits per heavy atom. The number of carbonyl (C=O) groups excluding carboxylic acids is 2. The molecule has 7 heteroatoms. The molecule has 6 nitrogen and oxygen atoms in total. The van der Waals surface area contributed by atoms with Gasteiger partial charge in [-0.2, -0.15) is 0 Å². The lowest BCUT2D eigenvalue weighted by Gasteiger charge is -2.09. The molecular weight excluding hydrogens is 328 g/mol. The van der Waals surface area contributed by atoms with Crippen molar-refractivity contribution >= 4 is 27.9 Å². The standard InChI is InChI=1S/C13H17BrN2O4/c1-19-8-4-7-15-13(18)16-12(17)9-20-11-6-3-2-5-10(11)14/h2-3,5-6H,4,7-9H2,1H3,(H2,15,16,17,18). The third-order valence-electron chi connectivity index (χ3n) is 2.26. The third kappa shape index (κ3) is 6.53. The maximum Gasteiger partial charge on any atom is 0.321 e. The Morgan fingerprint density at radius 3 is 2.75 bits per heavy atom. The van der Waals surface area contributed by atoms with E-state index in [1.54, 1.807) is 25.3 Å². The van der Waals surface area contributed by atoms with E-state index in [4.69, 9.17) is 9.47 Å². The minimum absolute atomic E-state index is 0.228. The Hall–Kier alpha value is -1.60. The van der Waals surface area contributed by atoms with E-state index in [0.29, 0.717) is 25.3 Å². The second-order valence-electron chi connectivity index (χ2n) is 3.87. The molecule has 2 N–H and O–H groups in total. The topological polar surface area (TPSA) is 76.7 Å². The lowest BCUT2D eigenvalue weighted by molar-refractivity contribution is -0.122. The quantitative estimate of drug-likeness (QED) is 0.738. The number of hydrogen-bond acceptors (Lipinski definition) is 4. The van der Waals surface area contributed by atoms with Crippen molar-refractivity contribution in [3.05, 3.63) is 28.7 Å². The van der Waals surface area contributed by atoms with Gasteiger partial charge < -0.3 is 14.8 Å². The second-order valence-corrected chi connectivity index (χ2v) is 4.72. The third-order valence-corrected chi connectivity index (χ3v) is 2.91.